The minimum atomic E-state index is 0.604. The Bertz CT molecular complexity index is 1030. The van der Waals surface area contributed by atoms with Crippen molar-refractivity contribution in [2.75, 3.05) is 0 Å². The van der Waals surface area contributed by atoms with Crippen LogP contribution >= 0.6 is 23.8 Å². The lowest BCUT2D eigenvalue weighted by Crippen LogP contribution is -1.82. The van der Waals surface area contributed by atoms with E-state index in [1.807, 2.05) is 30.3 Å². The third-order valence-corrected chi connectivity index (χ3v) is 4.42. The van der Waals surface area contributed by atoms with Gasteiger partial charge in [-0.2, -0.15) is 0 Å². The predicted octanol–water partition coefficient (Wildman–Crippen LogP) is 6.21. The molecule has 0 aliphatic heterocycles. The van der Waals surface area contributed by atoms with Crippen molar-refractivity contribution >= 4 is 34.9 Å². The maximum atomic E-state index is 6.44. The molecular weight excluding hydrogens is 324 g/mol. The highest BCUT2D eigenvalue weighted by Crippen LogP contribution is 2.32. The van der Waals surface area contributed by atoms with Crippen LogP contribution in [0.4, 0.5) is 0 Å². The van der Waals surface area contributed by atoms with Crippen molar-refractivity contribution in [3.63, 3.8) is 0 Å². The fourth-order valence-electron chi connectivity index (χ4n) is 2.75. The van der Waals surface area contributed by atoms with Gasteiger partial charge >= 0.3 is 0 Å². The molecule has 4 rings (SSSR count). The molecule has 4 heteroatoms. The lowest BCUT2D eigenvalue weighted by atomic mass is 10.00. The first kappa shape index (κ1) is 14.2. The van der Waals surface area contributed by atoms with Crippen LogP contribution in [0.5, 0.6) is 0 Å². The number of imidazole rings is 1. The van der Waals surface area contributed by atoms with Gasteiger partial charge in [0.1, 0.15) is 0 Å². The largest absolute Gasteiger partial charge is 0.331 e. The summed E-state index contributed by atoms with van der Waals surface area (Å²) in [5.41, 5.74) is 6.34. The van der Waals surface area contributed by atoms with Crippen LogP contribution in [0.1, 0.15) is 0 Å². The summed E-state index contributed by atoms with van der Waals surface area (Å²) < 4.78 is 0.604. The number of hydrogen-bond donors (Lipinski definition) is 2. The summed E-state index contributed by atoms with van der Waals surface area (Å²) in [7, 11) is 0. The molecule has 0 saturated heterocycles. The highest BCUT2D eigenvalue weighted by molar-refractivity contribution is 7.71. The Morgan fingerprint density at radius 3 is 1.96 bits per heavy atom. The van der Waals surface area contributed by atoms with Crippen LogP contribution in [0.2, 0.25) is 5.02 Å². The number of nitrogens with one attached hydrogen (secondary N) is 2. The maximum absolute atomic E-state index is 6.44. The molecule has 2 N–H and O–H groups in total. The molecule has 2 nitrogen and oxygen atoms in total. The minimum Gasteiger partial charge on any atom is -0.331 e. The zero-order valence-corrected chi connectivity index (χ0v) is 13.7. The Balaban J connectivity index is 1.79. The van der Waals surface area contributed by atoms with Gasteiger partial charge in [-0.05, 0) is 41.0 Å². The molecule has 0 saturated carbocycles. The summed E-state index contributed by atoms with van der Waals surface area (Å²) in [5, 5.41) is 0.704. The quantitative estimate of drug-likeness (QED) is 0.419. The van der Waals surface area contributed by atoms with Gasteiger partial charge in [-0.1, -0.05) is 66.2 Å². The number of hydrogen-bond acceptors (Lipinski definition) is 1. The fourth-order valence-corrected chi connectivity index (χ4v) is 3.24. The van der Waals surface area contributed by atoms with Crippen LogP contribution in [0.15, 0.2) is 66.7 Å². The molecule has 0 spiro atoms. The SMILES string of the molecule is S=c1[nH]c2cc(Cl)c(-c3ccc(-c4ccccc4)cc3)cc2[nH]1. The van der Waals surface area contributed by atoms with E-state index < -0.39 is 0 Å². The van der Waals surface area contributed by atoms with Gasteiger partial charge in [0.2, 0.25) is 0 Å². The van der Waals surface area contributed by atoms with Crippen LogP contribution in [0.25, 0.3) is 33.3 Å². The van der Waals surface area contributed by atoms with E-state index in [0.717, 1.165) is 22.2 Å². The van der Waals surface area contributed by atoms with Gasteiger partial charge in [-0.25, -0.2) is 0 Å². The third-order valence-electron chi connectivity index (χ3n) is 3.91. The first-order valence-corrected chi connectivity index (χ1v) is 8.07. The van der Waals surface area contributed by atoms with Crippen molar-refractivity contribution < 1.29 is 0 Å². The Morgan fingerprint density at radius 2 is 1.26 bits per heavy atom. The molecule has 0 aliphatic rings. The van der Waals surface area contributed by atoms with Gasteiger partial charge in [0.15, 0.2) is 4.77 Å². The van der Waals surface area contributed by atoms with E-state index in [1.54, 1.807) is 0 Å². The second-order valence-electron chi connectivity index (χ2n) is 5.40. The minimum absolute atomic E-state index is 0.604. The van der Waals surface area contributed by atoms with Crippen molar-refractivity contribution in [3.05, 3.63) is 76.5 Å². The highest BCUT2D eigenvalue weighted by atomic mass is 35.5. The third kappa shape index (κ3) is 2.69. The molecule has 3 aromatic carbocycles. The standard InChI is InChI=1S/C19H13ClN2S/c20-16-11-18-17(21-19(23)22-18)10-15(16)14-8-6-13(7-9-14)12-4-2-1-3-5-12/h1-11H,(H2,21,22,23). The maximum Gasteiger partial charge on any atom is 0.175 e. The van der Waals surface area contributed by atoms with Crippen molar-refractivity contribution in [1.29, 1.82) is 0 Å². The van der Waals surface area contributed by atoms with E-state index in [-0.39, 0.29) is 0 Å². The number of benzene rings is 3. The second-order valence-corrected chi connectivity index (χ2v) is 6.22. The Hall–Kier alpha value is -2.36. The molecule has 0 atom stereocenters. The van der Waals surface area contributed by atoms with Crippen LogP contribution < -0.4 is 0 Å². The second kappa shape index (κ2) is 5.69. The summed E-state index contributed by atoms with van der Waals surface area (Å²) in [6.45, 7) is 0. The molecule has 0 unspecified atom stereocenters. The zero-order valence-electron chi connectivity index (χ0n) is 12.1. The number of rotatable bonds is 2. The van der Waals surface area contributed by atoms with E-state index in [1.165, 1.54) is 11.1 Å². The topological polar surface area (TPSA) is 31.6 Å². The normalized spacial score (nSPS) is 11.0. The number of aromatic amines is 2. The number of fused-ring (bicyclic) bond motifs is 1. The van der Waals surface area contributed by atoms with Gasteiger partial charge in [0.25, 0.3) is 0 Å². The van der Waals surface area contributed by atoms with Crippen molar-refractivity contribution in [2.45, 2.75) is 0 Å². The van der Waals surface area contributed by atoms with E-state index >= 15 is 0 Å². The Kier molecular flexibility index (Phi) is 3.52. The average Bonchev–Trinajstić information content (AvgIpc) is 2.94. The van der Waals surface area contributed by atoms with Crippen molar-refractivity contribution in [2.24, 2.45) is 0 Å². The lowest BCUT2D eigenvalue weighted by molar-refractivity contribution is 1.30. The highest BCUT2D eigenvalue weighted by Gasteiger charge is 2.08. The summed E-state index contributed by atoms with van der Waals surface area (Å²) >= 11 is 11.6. The average molecular weight is 337 g/mol. The molecule has 4 aromatic rings. The van der Waals surface area contributed by atoms with Gasteiger partial charge in [-0.3, -0.25) is 0 Å². The Morgan fingerprint density at radius 1 is 0.696 bits per heavy atom. The molecule has 0 bridgehead atoms. The van der Waals surface area contributed by atoms with Crippen LogP contribution in [0, 0.1) is 4.77 Å². The monoisotopic (exact) mass is 336 g/mol. The molecule has 0 radical (unpaired) electrons. The van der Waals surface area contributed by atoms with E-state index in [4.69, 9.17) is 23.8 Å². The molecule has 1 aromatic heterocycles. The van der Waals surface area contributed by atoms with Crippen molar-refractivity contribution in [1.82, 2.24) is 9.97 Å². The van der Waals surface area contributed by atoms with Gasteiger partial charge in [-0.15, -0.1) is 0 Å². The fraction of sp³-hybridized carbons (Fsp3) is 0. The Labute approximate surface area is 143 Å². The molecular formula is C19H13ClN2S. The predicted molar refractivity (Wildman–Crippen MR) is 99.4 cm³/mol. The first-order valence-electron chi connectivity index (χ1n) is 7.28. The summed E-state index contributed by atoms with van der Waals surface area (Å²) in [6.07, 6.45) is 0. The van der Waals surface area contributed by atoms with E-state index in [0.29, 0.717) is 9.79 Å². The van der Waals surface area contributed by atoms with E-state index in [2.05, 4.69) is 46.4 Å². The number of H-pyrrole nitrogens is 2. The van der Waals surface area contributed by atoms with Gasteiger partial charge in [0, 0.05) is 5.56 Å². The van der Waals surface area contributed by atoms with Gasteiger partial charge < -0.3 is 9.97 Å². The van der Waals surface area contributed by atoms with Crippen LogP contribution in [-0.4, -0.2) is 9.97 Å². The summed E-state index contributed by atoms with van der Waals surface area (Å²) in [6, 6.07) is 22.7. The lowest BCUT2D eigenvalue weighted by Gasteiger charge is -2.07. The molecule has 112 valence electrons. The summed E-state index contributed by atoms with van der Waals surface area (Å²) in [4.78, 5) is 6.22. The summed E-state index contributed by atoms with van der Waals surface area (Å²) in [5.74, 6) is 0. The molecule has 23 heavy (non-hydrogen) atoms. The smallest absolute Gasteiger partial charge is 0.175 e. The zero-order chi connectivity index (χ0) is 15.8. The number of halogens is 1. The number of aromatic nitrogens is 2. The van der Waals surface area contributed by atoms with E-state index in [9.17, 15) is 0 Å². The molecule has 0 amide bonds. The van der Waals surface area contributed by atoms with Crippen LogP contribution in [0.3, 0.4) is 0 Å². The molecule has 0 aliphatic carbocycles. The molecule has 1 heterocycles. The van der Waals surface area contributed by atoms with Crippen LogP contribution in [-0.2, 0) is 0 Å². The first-order chi connectivity index (χ1) is 11.2. The van der Waals surface area contributed by atoms with Crippen molar-refractivity contribution in [3.8, 4) is 22.3 Å². The molecule has 0 fully saturated rings. The van der Waals surface area contributed by atoms with Gasteiger partial charge in [0.05, 0.1) is 16.1 Å².